The normalized spacial score (nSPS) is 19.4. The van der Waals surface area contributed by atoms with E-state index in [0.717, 1.165) is 5.56 Å². The van der Waals surface area contributed by atoms with Crippen LogP contribution in [0.2, 0.25) is 10.0 Å². The quantitative estimate of drug-likeness (QED) is 0.480. The molecule has 6 nitrogen and oxygen atoms in total. The van der Waals surface area contributed by atoms with Gasteiger partial charge in [0.05, 0.1) is 15.6 Å². The van der Waals surface area contributed by atoms with E-state index in [1.165, 1.54) is 23.1 Å². The molecule has 0 saturated heterocycles. The van der Waals surface area contributed by atoms with Crippen LogP contribution in [-0.2, 0) is 9.59 Å². The first kappa shape index (κ1) is 19.6. The number of carbonyl (C=O) groups is 2. The highest BCUT2D eigenvalue weighted by atomic mass is 35.5. The maximum absolute atomic E-state index is 13.2. The molecule has 0 aromatic heterocycles. The molecule has 1 aliphatic heterocycles. The Kier molecular flexibility index (Phi) is 5.15. The summed E-state index contributed by atoms with van der Waals surface area (Å²) in [7, 11) is 0. The number of rotatable bonds is 3. The summed E-state index contributed by atoms with van der Waals surface area (Å²) in [6.45, 7) is 0. The van der Waals surface area contributed by atoms with Crippen LogP contribution >= 0.6 is 23.2 Å². The van der Waals surface area contributed by atoms with E-state index < -0.39 is 4.92 Å². The number of allylic oxidation sites excluding steroid dienone is 2. The lowest BCUT2D eigenvalue weighted by Gasteiger charge is -2.38. The van der Waals surface area contributed by atoms with E-state index in [1.807, 2.05) is 12.1 Å². The summed E-state index contributed by atoms with van der Waals surface area (Å²) < 4.78 is 0. The third-order valence-electron chi connectivity index (χ3n) is 5.33. The van der Waals surface area contributed by atoms with Crippen LogP contribution in [0.3, 0.4) is 0 Å². The first-order valence-electron chi connectivity index (χ1n) is 9.15. The number of benzene rings is 2. The Morgan fingerprint density at radius 1 is 1.03 bits per heavy atom. The van der Waals surface area contributed by atoms with Crippen LogP contribution in [-0.4, -0.2) is 16.6 Å². The lowest BCUT2D eigenvalue weighted by Crippen LogP contribution is -2.40. The third kappa shape index (κ3) is 3.54. The fourth-order valence-corrected chi connectivity index (χ4v) is 4.37. The SMILES string of the molecule is O=C1CCCC2=C1C(c1ccc(Cl)cc1)CC(=O)N2c1cc([N+](=O)[O-])ccc1Cl. The van der Waals surface area contributed by atoms with E-state index in [2.05, 4.69) is 0 Å². The summed E-state index contributed by atoms with van der Waals surface area (Å²) in [5.74, 6) is -0.623. The average molecular weight is 431 g/mol. The number of non-ortho nitro benzene ring substituents is 1. The van der Waals surface area contributed by atoms with Crippen molar-refractivity contribution in [2.75, 3.05) is 4.90 Å². The molecular formula is C21H16Cl2N2O4. The molecule has 2 aromatic rings. The number of nitrogens with zero attached hydrogens (tertiary/aromatic N) is 2. The zero-order valence-corrected chi connectivity index (χ0v) is 16.7. The summed E-state index contributed by atoms with van der Waals surface area (Å²) in [4.78, 5) is 38.1. The molecule has 0 fully saturated rings. The topological polar surface area (TPSA) is 80.5 Å². The fourth-order valence-electron chi connectivity index (χ4n) is 4.04. The Balaban J connectivity index is 1.88. The predicted octanol–water partition coefficient (Wildman–Crippen LogP) is 5.43. The van der Waals surface area contributed by atoms with Gasteiger partial charge >= 0.3 is 0 Å². The summed E-state index contributed by atoms with van der Waals surface area (Å²) in [5, 5.41) is 12.0. The van der Waals surface area contributed by atoms with Crippen molar-refractivity contribution in [1.29, 1.82) is 0 Å². The minimum absolute atomic E-state index is 0.00902. The lowest BCUT2D eigenvalue weighted by molar-refractivity contribution is -0.384. The lowest BCUT2D eigenvalue weighted by atomic mass is 9.77. The van der Waals surface area contributed by atoms with Gasteiger partial charge < -0.3 is 0 Å². The van der Waals surface area contributed by atoms with Crippen LogP contribution in [0.4, 0.5) is 11.4 Å². The number of amides is 1. The van der Waals surface area contributed by atoms with Crippen LogP contribution < -0.4 is 4.90 Å². The molecule has 1 unspecified atom stereocenters. The molecule has 0 spiro atoms. The van der Waals surface area contributed by atoms with Crippen LogP contribution in [0.1, 0.15) is 37.2 Å². The standard InChI is InChI=1S/C21H16Cl2N2O4/c22-13-6-4-12(5-7-13)15-11-20(27)24(17-2-1-3-19(26)21(15)17)18-10-14(25(28)29)8-9-16(18)23/h4-10,15H,1-3,11H2. The van der Waals surface area contributed by atoms with Gasteiger partial charge in [-0.15, -0.1) is 0 Å². The second-order valence-corrected chi connectivity index (χ2v) is 7.91. The summed E-state index contributed by atoms with van der Waals surface area (Å²) in [6, 6.07) is 11.1. The molecule has 0 radical (unpaired) electrons. The van der Waals surface area contributed by atoms with E-state index in [0.29, 0.717) is 35.6 Å². The molecular weight excluding hydrogens is 415 g/mol. The van der Waals surface area contributed by atoms with Gasteiger partial charge in [0.25, 0.3) is 5.69 Å². The Morgan fingerprint density at radius 2 is 1.76 bits per heavy atom. The number of ketones is 1. The zero-order chi connectivity index (χ0) is 20.7. The van der Waals surface area contributed by atoms with Crippen LogP contribution in [0.5, 0.6) is 0 Å². The van der Waals surface area contributed by atoms with Crippen molar-refractivity contribution in [3.05, 3.63) is 79.5 Å². The Labute approximate surface area is 176 Å². The van der Waals surface area contributed by atoms with Gasteiger partial charge in [0, 0.05) is 47.2 Å². The van der Waals surface area contributed by atoms with Crippen molar-refractivity contribution < 1.29 is 14.5 Å². The predicted molar refractivity (Wildman–Crippen MR) is 110 cm³/mol. The number of hydrogen-bond acceptors (Lipinski definition) is 4. The maximum Gasteiger partial charge on any atom is 0.271 e. The molecule has 0 bridgehead atoms. The molecule has 1 atom stereocenters. The van der Waals surface area contributed by atoms with Gasteiger partial charge in [0.15, 0.2) is 5.78 Å². The van der Waals surface area contributed by atoms with E-state index in [1.54, 1.807) is 12.1 Å². The highest BCUT2D eigenvalue weighted by molar-refractivity contribution is 6.34. The van der Waals surface area contributed by atoms with Crippen LogP contribution in [0.25, 0.3) is 0 Å². The molecule has 0 N–H and O–H groups in total. The number of anilines is 1. The Hall–Kier alpha value is -2.70. The summed E-state index contributed by atoms with van der Waals surface area (Å²) in [6.07, 6.45) is 1.62. The monoisotopic (exact) mass is 430 g/mol. The molecule has 29 heavy (non-hydrogen) atoms. The molecule has 2 aromatic carbocycles. The minimum Gasteiger partial charge on any atom is -0.294 e. The van der Waals surface area contributed by atoms with Gasteiger partial charge in [0.1, 0.15) is 0 Å². The second kappa shape index (κ2) is 7.61. The average Bonchev–Trinajstić information content (AvgIpc) is 2.69. The van der Waals surface area contributed by atoms with Gasteiger partial charge in [-0.2, -0.15) is 0 Å². The largest absolute Gasteiger partial charge is 0.294 e. The van der Waals surface area contributed by atoms with Gasteiger partial charge in [-0.25, -0.2) is 0 Å². The minimum atomic E-state index is -0.536. The van der Waals surface area contributed by atoms with Crippen LogP contribution in [0.15, 0.2) is 53.7 Å². The molecule has 8 heteroatoms. The first-order valence-corrected chi connectivity index (χ1v) is 9.91. The maximum atomic E-state index is 13.2. The van der Waals surface area contributed by atoms with Crippen molar-refractivity contribution in [2.24, 2.45) is 0 Å². The van der Waals surface area contributed by atoms with Crippen LogP contribution in [0, 0.1) is 10.1 Å². The smallest absolute Gasteiger partial charge is 0.271 e. The third-order valence-corrected chi connectivity index (χ3v) is 5.90. The van der Waals surface area contributed by atoms with Gasteiger partial charge in [-0.1, -0.05) is 35.3 Å². The Morgan fingerprint density at radius 3 is 2.45 bits per heavy atom. The van der Waals surface area contributed by atoms with Gasteiger partial charge in [-0.05, 0) is 36.6 Å². The van der Waals surface area contributed by atoms with E-state index in [4.69, 9.17) is 23.2 Å². The van der Waals surface area contributed by atoms with E-state index in [9.17, 15) is 19.7 Å². The number of carbonyl (C=O) groups excluding carboxylic acids is 2. The molecule has 2 aliphatic rings. The molecule has 148 valence electrons. The Bertz CT molecular complexity index is 1060. The summed E-state index contributed by atoms with van der Waals surface area (Å²) >= 11 is 12.3. The van der Waals surface area contributed by atoms with Crippen molar-refractivity contribution >= 4 is 46.3 Å². The van der Waals surface area contributed by atoms with Gasteiger partial charge in [-0.3, -0.25) is 24.6 Å². The van der Waals surface area contributed by atoms with Crippen molar-refractivity contribution in [3.8, 4) is 0 Å². The van der Waals surface area contributed by atoms with Crippen molar-refractivity contribution in [3.63, 3.8) is 0 Å². The second-order valence-electron chi connectivity index (χ2n) is 7.07. The van der Waals surface area contributed by atoms with Gasteiger partial charge in [0.2, 0.25) is 5.91 Å². The first-order chi connectivity index (χ1) is 13.9. The number of nitro benzene ring substituents is 1. The fraction of sp³-hybridized carbons (Fsp3) is 0.238. The molecule has 1 amide bonds. The van der Waals surface area contributed by atoms with E-state index >= 15 is 0 Å². The molecule has 1 aliphatic carbocycles. The molecule has 0 saturated carbocycles. The number of hydrogen-bond donors (Lipinski definition) is 0. The molecule has 1 heterocycles. The van der Waals surface area contributed by atoms with Crippen molar-refractivity contribution in [1.82, 2.24) is 0 Å². The van der Waals surface area contributed by atoms with Crippen molar-refractivity contribution in [2.45, 2.75) is 31.6 Å². The number of nitro groups is 1. The highest BCUT2D eigenvalue weighted by Crippen LogP contribution is 2.45. The summed E-state index contributed by atoms with van der Waals surface area (Å²) in [5.41, 5.74) is 2.08. The van der Waals surface area contributed by atoms with E-state index in [-0.39, 0.29) is 40.4 Å². The number of Topliss-reactive ketones (excluding diaryl/α,β-unsaturated/α-hetero) is 1. The molecule has 4 rings (SSSR count). The number of halogens is 2. The highest BCUT2D eigenvalue weighted by Gasteiger charge is 2.40. The zero-order valence-electron chi connectivity index (χ0n) is 15.2.